The number of rotatable bonds is 2. The van der Waals surface area contributed by atoms with Crippen LogP contribution in [0.5, 0.6) is 0 Å². The van der Waals surface area contributed by atoms with Gasteiger partial charge < -0.3 is 9.84 Å². The van der Waals surface area contributed by atoms with E-state index < -0.39 is 0 Å². The normalized spacial score (nSPS) is 28.8. The van der Waals surface area contributed by atoms with Gasteiger partial charge in [0.15, 0.2) is 0 Å². The minimum Gasteiger partial charge on any atom is -0.337 e. The van der Waals surface area contributed by atoms with Crippen LogP contribution in [0.25, 0.3) is 11.4 Å². The molecule has 0 spiro atoms. The number of hydrogen-bond donors (Lipinski definition) is 1. The number of nitrogens with zero attached hydrogens (tertiary/aromatic N) is 3. The van der Waals surface area contributed by atoms with Crippen molar-refractivity contribution >= 4 is 15.9 Å². The third-order valence-electron chi connectivity index (χ3n) is 4.42. The molecule has 3 atom stereocenters. The van der Waals surface area contributed by atoms with Gasteiger partial charge in [-0.05, 0) is 53.2 Å². The molecule has 2 aliphatic rings. The lowest BCUT2D eigenvalue weighted by atomic mass is 9.94. The van der Waals surface area contributed by atoms with Gasteiger partial charge in [-0.15, -0.1) is 0 Å². The molecule has 1 aliphatic heterocycles. The summed E-state index contributed by atoms with van der Waals surface area (Å²) < 4.78 is 6.40. The molecule has 2 fully saturated rings. The van der Waals surface area contributed by atoms with E-state index in [4.69, 9.17) is 4.52 Å². The zero-order valence-electron chi connectivity index (χ0n) is 10.9. The molecule has 3 unspecified atom stereocenters. The number of hydrogen-bond acceptors (Lipinski definition) is 5. The van der Waals surface area contributed by atoms with E-state index in [9.17, 15) is 0 Å². The maximum Gasteiger partial charge on any atom is 0.244 e. The van der Waals surface area contributed by atoms with Gasteiger partial charge in [0.25, 0.3) is 0 Å². The number of aromatic nitrogens is 3. The molecule has 3 heterocycles. The third kappa shape index (κ3) is 2.07. The Morgan fingerprint density at radius 1 is 1.30 bits per heavy atom. The average molecular weight is 335 g/mol. The van der Waals surface area contributed by atoms with Crippen molar-refractivity contribution in [1.82, 2.24) is 20.4 Å². The summed E-state index contributed by atoms with van der Waals surface area (Å²) in [6, 6.07) is 2.17. The zero-order valence-corrected chi connectivity index (χ0v) is 12.5. The summed E-state index contributed by atoms with van der Waals surface area (Å²) >= 11 is 3.41. The van der Waals surface area contributed by atoms with Crippen LogP contribution in [-0.2, 0) is 0 Å². The van der Waals surface area contributed by atoms with E-state index >= 15 is 0 Å². The molecule has 104 valence electrons. The van der Waals surface area contributed by atoms with E-state index in [1.165, 1.54) is 19.3 Å². The monoisotopic (exact) mass is 334 g/mol. The maximum absolute atomic E-state index is 5.48. The number of pyridine rings is 1. The molecule has 4 rings (SSSR count). The molecule has 2 aromatic rings. The van der Waals surface area contributed by atoms with Gasteiger partial charge in [0, 0.05) is 22.4 Å². The Morgan fingerprint density at radius 3 is 3.15 bits per heavy atom. The minimum absolute atomic E-state index is 0.226. The van der Waals surface area contributed by atoms with Gasteiger partial charge in [-0.3, -0.25) is 4.98 Å². The molecular formula is C14H15BrN4O. The topological polar surface area (TPSA) is 63.8 Å². The molecule has 1 saturated heterocycles. The highest BCUT2D eigenvalue weighted by Crippen LogP contribution is 2.44. The lowest BCUT2D eigenvalue weighted by Gasteiger charge is -2.13. The van der Waals surface area contributed by atoms with Crippen molar-refractivity contribution in [3.8, 4) is 11.4 Å². The van der Waals surface area contributed by atoms with E-state index in [0.29, 0.717) is 11.7 Å². The van der Waals surface area contributed by atoms with Gasteiger partial charge in [-0.2, -0.15) is 4.98 Å². The summed E-state index contributed by atoms with van der Waals surface area (Å²) in [5.74, 6) is 2.76. The predicted octanol–water partition coefficient (Wildman–Crippen LogP) is 2.95. The first kappa shape index (κ1) is 12.5. The molecule has 6 heteroatoms. The van der Waals surface area contributed by atoms with Gasteiger partial charge in [0.2, 0.25) is 11.7 Å². The molecule has 5 nitrogen and oxygen atoms in total. The molecular weight excluding hydrogens is 320 g/mol. The second kappa shape index (κ2) is 4.93. The van der Waals surface area contributed by atoms with Crippen molar-refractivity contribution in [2.24, 2.45) is 11.8 Å². The van der Waals surface area contributed by atoms with Crippen molar-refractivity contribution < 1.29 is 4.52 Å². The SMILES string of the molecule is Brc1cncc(-c2noc(C3NCC4CCCC43)n2)c1. The minimum atomic E-state index is 0.226. The largest absolute Gasteiger partial charge is 0.337 e. The number of halogens is 1. The fraction of sp³-hybridized carbons (Fsp3) is 0.500. The first-order chi connectivity index (χ1) is 9.81. The molecule has 20 heavy (non-hydrogen) atoms. The van der Waals surface area contributed by atoms with Crippen molar-refractivity contribution in [3.63, 3.8) is 0 Å². The highest BCUT2D eigenvalue weighted by atomic mass is 79.9. The van der Waals surface area contributed by atoms with Gasteiger partial charge in [0.05, 0.1) is 6.04 Å². The van der Waals surface area contributed by atoms with Crippen LogP contribution in [0.2, 0.25) is 0 Å². The molecule has 1 aliphatic carbocycles. The summed E-state index contributed by atoms with van der Waals surface area (Å²) in [6.45, 7) is 1.07. The first-order valence-corrected chi connectivity index (χ1v) is 7.78. The highest BCUT2D eigenvalue weighted by molar-refractivity contribution is 9.10. The summed E-state index contributed by atoms with van der Waals surface area (Å²) in [5, 5.41) is 7.63. The van der Waals surface area contributed by atoms with Crippen molar-refractivity contribution in [1.29, 1.82) is 0 Å². The molecule has 1 N–H and O–H groups in total. The van der Waals surface area contributed by atoms with Gasteiger partial charge in [0.1, 0.15) is 0 Å². The van der Waals surface area contributed by atoms with Crippen LogP contribution in [0.3, 0.4) is 0 Å². The Bertz CT molecular complexity index is 629. The fourth-order valence-corrected chi connectivity index (χ4v) is 3.84. The molecule has 0 radical (unpaired) electrons. The zero-order chi connectivity index (χ0) is 13.5. The van der Waals surface area contributed by atoms with E-state index in [1.807, 2.05) is 6.07 Å². The van der Waals surface area contributed by atoms with Gasteiger partial charge in [-0.1, -0.05) is 11.6 Å². The summed E-state index contributed by atoms with van der Waals surface area (Å²) in [6.07, 6.45) is 7.40. The number of fused-ring (bicyclic) bond motifs is 1. The molecule has 0 aromatic carbocycles. The van der Waals surface area contributed by atoms with Crippen LogP contribution in [0, 0.1) is 11.8 Å². The molecule has 0 amide bonds. The Morgan fingerprint density at radius 2 is 2.25 bits per heavy atom. The van der Waals surface area contributed by atoms with Crippen molar-refractivity contribution in [2.75, 3.05) is 6.54 Å². The second-order valence-electron chi connectivity index (χ2n) is 5.59. The van der Waals surface area contributed by atoms with Gasteiger partial charge >= 0.3 is 0 Å². The average Bonchev–Trinajstić information content (AvgIpc) is 3.14. The smallest absolute Gasteiger partial charge is 0.244 e. The van der Waals surface area contributed by atoms with Crippen molar-refractivity contribution in [2.45, 2.75) is 25.3 Å². The van der Waals surface area contributed by atoms with E-state index in [-0.39, 0.29) is 6.04 Å². The maximum atomic E-state index is 5.48. The van der Waals surface area contributed by atoms with E-state index in [2.05, 4.69) is 36.4 Å². The second-order valence-corrected chi connectivity index (χ2v) is 6.50. The lowest BCUT2D eigenvalue weighted by molar-refractivity contribution is 0.302. The first-order valence-electron chi connectivity index (χ1n) is 6.99. The quantitative estimate of drug-likeness (QED) is 0.914. The van der Waals surface area contributed by atoms with Crippen LogP contribution >= 0.6 is 15.9 Å². The molecule has 2 aromatic heterocycles. The lowest BCUT2D eigenvalue weighted by Crippen LogP contribution is -2.18. The fourth-order valence-electron chi connectivity index (χ4n) is 3.47. The predicted molar refractivity (Wildman–Crippen MR) is 76.8 cm³/mol. The van der Waals surface area contributed by atoms with Gasteiger partial charge in [-0.25, -0.2) is 0 Å². The van der Waals surface area contributed by atoms with Crippen LogP contribution in [0.4, 0.5) is 0 Å². The Hall–Kier alpha value is -1.27. The Labute approximate surface area is 125 Å². The van der Waals surface area contributed by atoms with Crippen LogP contribution in [0.15, 0.2) is 27.5 Å². The molecule has 0 bridgehead atoms. The number of nitrogens with one attached hydrogen (secondary N) is 1. The van der Waals surface area contributed by atoms with Crippen LogP contribution in [0.1, 0.15) is 31.2 Å². The highest BCUT2D eigenvalue weighted by Gasteiger charge is 2.42. The third-order valence-corrected chi connectivity index (χ3v) is 4.85. The standard InChI is InChI=1S/C14H15BrN4O/c15-10-4-9(5-16-7-10)13-18-14(20-19-13)12-11-3-1-2-8(11)6-17-12/h4-5,7-8,11-12,17H,1-3,6H2. The summed E-state index contributed by atoms with van der Waals surface area (Å²) in [5.41, 5.74) is 0.871. The van der Waals surface area contributed by atoms with Crippen LogP contribution < -0.4 is 5.32 Å². The van der Waals surface area contributed by atoms with E-state index in [1.54, 1.807) is 12.4 Å². The Kier molecular flexibility index (Phi) is 3.07. The van der Waals surface area contributed by atoms with E-state index in [0.717, 1.165) is 28.4 Å². The molecule has 1 saturated carbocycles. The van der Waals surface area contributed by atoms with Crippen LogP contribution in [-0.4, -0.2) is 21.7 Å². The summed E-state index contributed by atoms with van der Waals surface area (Å²) in [7, 11) is 0. The summed E-state index contributed by atoms with van der Waals surface area (Å²) in [4.78, 5) is 8.70. The Balaban J connectivity index is 1.62. The van der Waals surface area contributed by atoms with Crippen molar-refractivity contribution in [3.05, 3.63) is 28.8 Å².